The monoisotopic (exact) mass is 510 g/mol. The number of alkyl halides is 4. The Morgan fingerprint density at radius 1 is 1.22 bits per heavy atom. The number of likely N-dealkylation sites (tertiary alicyclic amines) is 1. The van der Waals surface area contributed by atoms with E-state index in [1.807, 2.05) is 7.05 Å². The first-order valence-electron chi connectivity index (χ1n) is 11.8. The highest BCUT2D eigenvalue weighted by Crippen LogP contribution is 2.52. The number of hydrogen-bond acceptors (Lipinski definition) is 4. The fourth-order valence-corrected chi connectivity index (χ4v) is 5.30. The van der Waals surface area contributed by atoms with Gasteiger partial charge in [-0.2, -0.15) is 0 Å². The molecule has 1 saturated heterocycles. The molecule has 5 atom stereocenters. The highest BCUT2D eigenvalue weighted by Gasteiger charge is 2.59. The molecule has 1 amide bonds. The van der Waals surface area contributed by atoms with Crippen LogP contribution in [0.4, 0.5) is 27.6 Å². The number of carbonyl (C=O) groups excluding carboxylic acids is 1. The molecule has 36 heavy (non-hydrogen) atoms. The van der Waals surface area contributed by atoms with Crippen LogP contribution in [0, 0.1) is 17.7 Å². The first-order chi connectivity index (χ1) is 16.8. The van der Waals surface area contributed by atoms with Crippen molar-refractivity contribution in [1.29, 1.82) is 0 Å². The zero-order valence-corrected chi connectivity index (χ0v) is 20.0. The lowest BCUT2D eigenvalue weighted by atomic mass is 10.0. The Hall–Kier alpha value is -2.95. The van der Waals surface area contributed by atoms with Gasteiger partial charge in [-0.05, 0) is 25.8 Å². The number of nitrogens with zero attached hydrogens (tertiary/aromatic N) is 2. The summed E-state index contributed by atoms with van der Waals surface area (Å²) in [6, 6.07) is 2.39. The second kappa shape index (κ2) is 8.29. The van der Waals surface area contributed by atoms with Crippen LogP contribution in [-0.2, 0) is 5.92 Å². The van der Waals surface area contributed by atoms with Gasteiger partial charge in [0.15, 0.2) is 0 Å². The van der Waals surface area contributed by atoms with Crippen molar-refractivity contribution in [2.45, 2.75) is 50.2 Å². The van der Waals surface area contributed by atoms with Gasteiger partial charge in [-0.25, -0.2) is 22.0 Å². The summed E-state index contributed by atoms with van der Waals surface area (Å²) < 4.78 is 70.7. The van der Waals surface area contributed by atoms with Crippen LogP contribution in [0.2, 0.25) is 0 Å². The Balaban J connectivity index is 1.43. The number of halogens is 5. The van der Waals surface area contributed by atoms with Gasteiger partial charge in [-0.15, -0.1) is 0 Å². The maximum absolute atomic E-state index is 14.8. The van der Waals surface area contributed by atoms with E-state index < -0.39 is 53.2 Å². The van der Waals surface area contributed by atoms with Gasteiger partial charge in [-0.3, -0.25) is 9.59 Å². The van der Waals surface area contributed by atoms with Crippen molar-refractivity contribution in [3.63, 3.8) is 0 Å². The molecule has 3 aliphatic rings. The third kappa shape index (κ3) is 4.38. The average Bonchev–Trinajstić information content (AvgIpc) is 3.54. The quantitative estimate of drug-likeness (QED) is 0.550. The second-order valence-electron chi connectivity index (χ2n) is 10.3. The molecule has 2 N–H and O–H groups in total. The van der Waals surface area contributed by atoms with Crippen LogP contribution in [0.5, 0.6) is 0 Å². The Morgan fingerprint density at radius 3 is 2.44 bits per heavy atom. The zero-order valence-electron chi connectivity index (χ0n) is 20.0. The standard InChI is InChI=1S/C25H27F5N4O2/c1-12(13-5-4-6-17(21(13)26)24(2,27)28)31-23(36)16-11-34(19-8-25(19,29)30)20(35)7-18(16)32-22-14-9-33(3)10-15(14)22/h4-7,11-12,14-15,19,22,32H,8-10H2,1-3H3,(H,31,36)/t12-,14-,15+,19+,22?/m1/s1. The largest absolute Gasteiger partial charge is 0.381 e. The van der Waals surface area contributed by atoms with E-state index in [1.165, 1.54) is 19.1 Å². The Kier molecular flexibility index (Phi) is 5.70. The van der Waals surface area contributed by atoms with Gasteiger partial charge in [0.25, 0.3) is 23.3 Å². The molecule has 2 aliphatic carbocycles. The minimum absolute atomic E-state index is 0.0418. The van der Waals surface area contributed by atoms with Crippen LogP contribution in [-0.4, -0.2) is 47.5 Å². The SMILES string of the molecule is C[C@@H](NC(=O)c1cn([C@H]2CC2(F)F)c(=O)cc1NC1[C@H]2CN(C)C[C@@H]12)c1cccc(C(C)(F)F)c1F. The molecule has 2 saturated carbocycles. The molecule has 2 heterocycles. The van der Waals surface area contributed by atoms with E-state index >= 15 is 0 Å². The van der Waals surface area contributed by atoms with Gasteiger partial charge in [0, 0.05) is 50.3 Å². The van der Waals surface area contributed by atoms with Gasteiger partial charge in [0.05, 0.1) is 22.9 Å². The number of carbonyl (C=O) groups is 1. The van der Waals surface area contributed by atoms with Crippen molar-refractivity contribution in [1.82, 2.24) is 14.8 Å². The van der Waals surface area contributed by atoms with Crippen molar-refractivity contribution in [3.8, 4) is 0 Å². The summed E-state index contributed by atoms with van der Waals surface area (Å²) in [5.41, 5.74) is -1.42. The molecule has 2 aromatic rings. The van der Waals surface area contributed by atoms with E-state index in [0.29, 0.717) is 18.8 Å². The summed E-state index contributed by atoms with van der Waals surface area (Å²) in [5.74, 6) is -7.61. The van der Waals surface area contributed by atoms with Crippen LogP contribution < -0.4 is 16.2 Å². The molecule has 1 aromatic carbocycles. The van der Waals surface area contributed by atoms with Gasteiger partial charge < -0.3 is 20.1 Å². The fraction of sp³-hybridized carbons (Fsp3) is 0.520. The lowest BCUT2D eigenvalue weighted by Gasteiger charge is -2.21. The van der Waals surface area contributed by atoms with Crippen molar-refractivity contribution < 1.29 is 26.7 Å². The summed E-state index contributed by atoms with van der Waals surface area (Å²) in [5, 5.41) is 5.80. The Bertz CT molecular complexity index is 1260. The fourth-order valence-electron chi connectivity index (χ4n) is 5.30. The third-order valence-corrected chi connectivity index (χ3v) is 7.47. The summed E-state index contributed by atoms with van der Waals surface area (Å²) in [7, 11) is 2.00. The molecular formula is C25H27F5N4O2. The minimum Gasteiger partial charge on any atom is -0.381 e. The normalized spacial score (nSPS) is 27.3. The van der Waals surface area contributed by atoms with Crippen LogP contribution in [0.15, 0.2) is 35.3 Å². The molecule has 0 spiro atoms. The molecule has 194 valence electrons. The van der Waals surface area contributed by atoms with Crippen molar-refractivity contribution >= 4 is 11.6 Å². The van der Waals surface area contributed by atoms with Crippen molar-refractivity contribution in [3.05, 3.63) is 63.3 Å². The molecule has 0 bridgehead atoms. The van der Waals surface area contributed by atoms with Crippen molar-refractivity contribution in [2.75, 3.05) is 25.5 Å². The molecule has 6 nitrogen and oxygen atoms in total. The highest BCUT2D eigenvalue weighted by atomic mass is 19.3. The third-order valence-electron chi connectivity index (χ3n) is 7.47. The molecule has 1 aliphatic heterocycles. The van der Waals surface area contributed by atoms with E-state index in [2.05, 4.69) is 15.5 Å². The predicted octanol–water partition coefficient (Wildman–Crippen LogP) is 4.14. The summed E-state index contributed by atoms with van der Waals surface area (Å²) in [4.78, 5) is 28.1. The number of amides is 1. The first-order valence-corrected chi connectivity index (χ1v) is 11.8. The summed E-state index contributed by atoms with van der Waals surface area (Å²) in [6.07, 6.45) is 0.606. The van der Waals surface area contributed by atoms with Crippen LogP contribution in [0.1, 0.15) is 53.8 Å². The highest BCUT2D eigenvalue weighted by molar-refractivity contribution is 5.99. The maximum atomic E-state index is 14.8. The lowest BCUT2D eigenvalue weighted by Crippen LogP contribution is -2.32. The van der Waals surface area contributed by atoms with Gasteiger partial charge >= 0.3 is 0 Å². The smallest absolute Gasteiger partial charge is 0.273 e. The number of piperidine rings is 1. The minimum atomic E-state index is -3.41. The van der Waals surface area contributed by atoms with E-state index in [-0.39, 0.29) is 22.9 Å². The molecule has 1 unspecified atom stereocenters. The van der Waals surface area contributed by atoms with Crippen LogP contribution in [0.3, 0.4) is 0 Å². The van der Waals surface area contributed by atoms with Gasteiger partial charge in [-0.1, -0.05) is 18.2 Å². The molecule has 0 radical (unpaired) electrons. The number of nitrogens with one attached hydrogen (secondary N) is 2. The first kappa shape index (κ1) is 24.7. The second-order valence-corrected chi connectivity index (χ2v) is 10.3. The number of rotatable bonds is 7. The number of anilines is 1. The molecule has 1 aromatic heterocycles. The zero-order chi connectivity index (χ0) is 26.2. The van der Waals surface area contributed by atoms with Gasteiger partial charge in [0.2, 0.25) is 0 Å². The Labute approximate surface area is 204 Å². The van der Waals surface area contributed by atoms with Crippen LogP contribution in [0.25, 0.3) is 0 Å². The van der Waals surface area contributed by atoms with E-state index in [9.17, 15) is 31.5 Å². The van der Waals surface area contributed by atoms with Crippen LogP contribution >= 0.6 is 0 Å². The van der Waals surface area contributed by atoms with E-state index in [0.717, 1.165) is 36.0 Å². The topological polar surface area (TPSA) is 66.4 Å². The van der Waals surface area contributed by atoms with Gasteiger partial charge in [0.1, 0.15) is 11.9 Å². The summed E-state index contributed by atoms with van der Waals surface area (Å²) in [6.45, 7) is 3.75. The van der Waals surface area contributed by atoms with E-state index in [1.54, 1.807) is 0 Å². The molecule has 5 rings (SSSR count). The maximum Gasteiger partial charge on any atom is 0.273 e. The predicted molar refractivity (Wildman–Crippen MR) is 123 cm³/mol. The Morgan fingerprint density at radius 2 is 1.86 bits per heavy atom. The number of hydrogen-bond donors (Lipinski definition) is 2. The number of pyridine rings is 1. The molecular weight excluding hydrogens is 483 g/mol. The molecule has 11 heteroatoms. The lowest BCUT2D eigenvalue weighted by molar-refractivity contribution is 0.0135. The average molecular weight is 511 g/mol. The number of benzene rings is 1. The van der Waals surface area contributed by atoms with E-state index in [4.69, 9.17) is 0 Å². The number of aromatic nitrogens is 1. The molecule has 3 fully saturated rings. The number of fused-ring (bicyclic) bond motifs is 1. The van der Waals surface area contributed by atoms with Crippen molar-refractivity contribution in [2.24, 2.45) is 11.8 Å². The summed E-state index contributed by atoms with van der Waals surface area (Å²) >= 11 is 0.